The molecule has 1 unspecified atom stereocenters. The molecule has 16 nitrogen and oxygen atoms in total. The van der Waals surface area contributed by atoms with E-state index in [1.807, 2.05) is 24.3 Å². The highest BCUT2D eigenvalue weighted by atomic mass is 16.5. The van der Waals surface area contributed by atoms with E-state index < -0.39 is 42.4 Å². The van der Waals surface area contributed by atoms with Crippen molar-refractivity contribution < 1.29 is 48.7 Å². The molecule has 0 aliphatic heterocycles. The molecule has 1 aromatic heterocycles. The second-order valence-electron chi connectivity index (χ2n) is 9.12. The Hall–Kier alpha value is -4.44. The van der Waals surface area contributed by atoms with Crippen LogP contribution in [-0.2, 0) is 37.0 Å². The number of urea groups is 1. The van der Waals surface area contributed by atoms with Crippen LogP contribution in [-0.4, -0.2) is 99.8 Å². The van der Waals surface area contributed by atoms with Crippen LogP contribution in [0.15, 0.2) is 30.5 Å². The number of carbonyl (C=O) groups excluding carboxylic acids is 1. The Balaban J connectivity index is 1.57. The predicted molar refractivity (Wildman–Crippen MR) is 147 cm³/mol. The smallest absolute Gasteiger partial charge is 0.326 e. The highest BCUT2D eigenvalue weighted by molar-refractivity contribution is 5.86. The monoisotopic (exact) mass is 594 g/mol. The SMILES string of the molecule is COc1ccc(NCCOCCOCc2cn(CCCC[C@H](NC(=O)NC(CCC(=O)O)C(=O)O)C(=O)O)nn2)cc1. The van der Waals surface area contributed by atoms with Gasteiger partial charge in [-0.1, -0.05) is 5.21 Å². The zero-order chi connectivity index (χ0) is 30.7. The van der Waals surface area contributed by atoms with Crippen LogP contribution in [0.1, 0.15) is 37.8 Å². The fraction of sp³-hybridized carbons (Fsp3) is 0.538. The molecule has 0 bridgehead atoms. The number of nitrogens with one attached hydrogen (secondary N) is 3. The summed E-state index contributed by atoms with van der Waals surface area (Å²) in [6, 6.07) is 3.89. The molecule has 232 valence electrons. The third-order valence-electron chi connectivity index (χ3n) is 5.86. The molecular formula is C26H38N6O10. The summed E-state index contributed by atoms with van der Waals surface area (Å²) in [7, 11) is 1.62. The van der Waals surface area contributed by atoms with Gasteiger partial charge in [0, 0.05) is 25.2 Å². The molecule has 42 heavy (non-hydrogen) atoms. The van der Waals surface area contributed by atoms with Crippen LogP contribution >= 0.6 is 0 Å². The van der Waals surface area contributed by atoms with Crippen LogP contribution in [0, 0.1) is 0 Å². The summed E-state index contributed by atoms with van der Waals surface area (Å²) in [5.74, 6) is -3.11. The lowest BCUT2D eigenvalue weighted by molar-refractivity contribution is -0.140. The molecule has 16 heteroatoms. The fourth-order valence-corrected chi connectivity index (χ4v) is 3.65. The predicted octanol–water partition coefficient (Wildman–Crippen LogP) is 1.17. The van der Waals surface area contributed by atoms with Crippen molar-refractivity contribution in [2.45, 2.75) is 57.3 Å². The summed E-state index contributed by atoms with van der Waals surface area (Å²) in [4.78, 5) is 45.5. The molecular weight excluding hydrogens is 556 g/mol. The van der Waals surface area contributed by atoms with Gasteiger partial charge in [0.2, 0.25) is 0 Å². The van der Waals surface area contributed by atoms with Gasteiger partial charge in [-0.25, -0.2) is 14.4 Å². The number of ether oxygens (including phenoxy) is 3. The van der Waals surface area contributed by atoms with Crippen LogP contribution in [0.5, 0.6) is 5.75 Å². The molecule has 2 aromatic rings. The zero-order valence-corrected chi connectivity index (χ0v) is 23.4. The van der Waals surface area contributed by atoms with Crippen molar-refractivity contribution >= 4 is 29.6 Å². The first-order valence-electron chi connectivity index (χ1n) is 13.3. The molecule has 0 saturated heterocycles. The van der Waals surface area contributed by atoms with Gasteiger partial charge in [-0.2, -0.15) is 0 Å². The van der Waals surface area contributed by atoms with E-state index in [-0.39, 0.29) is 19.4 Å². The lowest BCUT2D eigenvalue weighted by Gasteiger charge is -2.18. The van der Waals surface area contributed by atoms with Crippen molar-refractivity contribution in [2.75, 3.05) is 38.8 Å². The van der Waals surface area contributed by atoms with E-state index in [0.29, 0.717) is 51.4 Å². The van der Waals surface area contributed by atoms with Crippen LogP contribution in [0.2, 0.25) is 0 Å². The van der Waals surface area contributed by atoms with Gasteiger partial charge in [0.1, 0.15) is 23.5 Å². The third kappa shape index (κ3) is 13.8. The quantitative estimate of drug-likeness (QED) is 0.105. The Labute approximate surface area is 242 Å². The second kappa shape index (κ2) is 18.8. The van der Waals surface area contributed by atoms with E-state index in [9.17, 15) is 24.3 Å². The minimum atomic E-state index is -1.46. The van der Waals surface area contributed by atoms with E-state index in [2.05, 4.69) is 26.3 Å². The summed E-state index contributed by atoms with van der Waals surface area (Å²) < 4.78 is 17.8. The van der Waals surface area contributed by atoms with Crippen molar-refractivity contribution in [1.82, 2.24) is 25.6 Å². The normalized spacial score (nSPS) is 12.2. The number of carboxylic acid groups (broad SMARTS) is 3. The molecule has 0 radical (unpaired) electrons. The van der Waals surface area contributed by atoms with E-state index in [1.165, 1.54) is 0 Å². The maximum absolute atomic E-state index is 12.1. The van der Waals surface area contributed by atoms with E-state index >= 15 is 0 Å². The van der Waals surface area contributed by atoms with E-state index in [4.69, 9.17) is 24.4 Å². The molecule has 0 aliphatic carbocycles. The summed E-state index contributed by atoms with van der Waals surface area (Å²) in [5, 5.41) is 42.8. The fourth-order valence-electron chi connectivity index (χ4n) is 3.65. The Bertz CT molecular complexity index is 1130. The number of nitrogens with zero attached hydrogens (tertiary/aromatic N) is 3. The first-order chi connectivity index (χ1) is 20.2. The molecule has 2 rings (SSSR count). The number of anilines is 1. The number of aryl methyl sites for hydroxylation is 1. The summed E-state index contributed by atoms with van der Waals surface area (Å²) in [5.41, 5.74) is 1.61. The van der Waals surface area contributed by atoms with Crippen LogP contribution in [0.25, 0.3) is 0 Å². The molecule has 0 saturated carbocycles. The molecule has 2 amide bonds. The summed E-state index contributed by atoms with van der Waals surface area (Å²) in [6.07, 6.45) is 1.99. The zero-order valence-electron chi connectivity index (χ0n) is 23.4. The van der Waals surface area contributed by atoms with Gasteiger partial charge in [-0.05, 0) is 49.9 Å². The molecule has 1 heterocycles. The number of aliphatic carboxylic acids is 3. The van der Waals surface area contributed by atoms with E-state index in [1.54, 1.807) is 18.0 Å². The first kappa shape index (κ1) is 33.8. The van der Waals surface area contributed by atoms with Crippen LogP contribution in [0.4, 0.5) is 10.5 Å². The van der Waals surface area contributed by atoms with Gasteiger partial charge in [-0.15, -0.1) is 5.10 Å². The number of carbonyl (C=O) groups is 4. The van der Waals surface area contributed by atoms with Gasteiger partial charge < -0.3 is 45.5 Å². The average Bonchev–Trinajstić information content (AvgIpc) is 3.41. The summed E-state index contributed by atoms with van der Waals surface area (Å²) in [6.45, 7) is 2.71. The maximum atomic E-state index is 12.1. The van der Waals surface area contributed by atoms with Crippen molar-refractivity contribution in [1.29, 1.82) is 0 Å². The topological polar surface area (TPSA) is 223 Å². The maximum Gasteiger partial charge on any atom is 0.326 e. The molecule has 0 fully saturated rings. The lowest BCUT2D eigenvalue weighted by Crippen LogP contribution is -2.51. The largest absolute Gasteiger partial charge is 0.497 e. The number of carboxylic acids is 3. The second-order valence-corrected chi connectivity index (χ2v) is 9.12. The van der Waals surface area contributed by atoms with E-state index in [0.717, 1.165) is 11.4 Å². The highest BCUT2D eigenvalue weighted by Crippen LogP contribution is 2.14. The number of amides is 2. The lowest BCUT2D eigenvalue weighted by atomic mass is 10.1. The molecule has 6 N–H and O–H groups in total. The number of benzene rings is 1. The van der Waals surface area contributed by atoms with Gasteiger partial charge >= 0.3 is 23.9 Å². The molecule has 1 aromatic carbocycles. The Kier molecular flexibility index (Phi) is 15.1. The van der Waals surface area contributed by atoms with Gasteiger partial charge in [0.25, 0.3) is 0 Å². The van der Waals surface area contributed by atoms with Gasteiger partial charge in [-0.3, -0.25) is 9.48 Å². The third-order valence-corrected chi connectivity index (χ3v) is 5.86. The Morgan fingerprint density at radius 1 is 0.905 bits per heavy atom. The highest BCUT2D eigenvalue weighted by Gasteiger charge is 2.24. The van der Waals surface area contributed by atoms with Gasteiger partial charge in [0.15, 0.2) is 0 Å². The molecule has 0 aliphatic rings. The van der Waals surface area contributed by atoms with Crippen molar-refractivity contribution in [3.8, 4) is 5.75 Å². The average molecular weight is 595 g/mol. The molecule has 0 spiro atoms. The first-order valence-corrected chi connectivity index (χ1v) is 13.3. The Morgan fingerprint density at radius 3 is 2.21 bits per heavy atom. The van der Waals surface area contributed by atoms with Crippen LogP contribution < -0.4 is 20.7 Å². The Morgan fingerprint density at radius 2 is 1.57 bits per heavy atom. The molecule has 2 atom stereocenters. The number of methoxy groups -OCH3 is 1. The van der Waals surface area contributed by atoms with Gasteiger partial charge in [0.05, 0.1) is 39.7 Å². The minimum absolute atomic E-state index is 0.0932. The van der Waals surface area contributed by atoms with Crippen molar-refractivity contribution in [3.05, 3.63) is 36.2 Å². The van der Waals surface area contributed by atoms with Crippen molar-refractivity contribution in [3.63, 3.8) is 0 Å². The minimum Gasteiger partial charge on any atom is -0.497 e. The number of aromatic nitrogens is 3. The number of hydrogen-bond acceptors (Lipinski definition) is 10. The number of rotatable bonds is 22. The number of hydrogen-bond donors (Lipinski definition) is 6. The standard InChI is InChI=1S/C26H38N6O10/c1-40-20-7-5-18(6-8-20)27-11-13-41-14-15-42-17-19-16-32(31-30-19)12-3-2-4-21(24(35)36)28-26(39)29-22(25(37)38)9-10-23(33)34/h5-8,16,21-22,27H,2-4,9-15,17H2,1H3,(H,33,34)(H,35,36)(H,37,38)(H2,28,29,39)/t21-,22?/m0/s1. The number of unbranched alkanes of at least 4 members (excludes halogenated alkanes) is 1. The van der Waals surface area contributed by atoms with Crippen LogP contribution in [0.3, 0.4) is 0 Å². The summed E-state index contributed by atoms with van der Waals surface area (Å²) >= 11 is 0. The van der Waals surface area contributed by atoms with Crippen molar-refractivity contribution in [2.24, 2.45) is 0 Å².